The fourth-order valence-corrected chi connectivity index (χ4v) is 5.91. The molecule has 1 amide bonds. The van der Waals surface area contributed by atoms with Gasteiger partial charge in [0.25, 0.3) is 5.56 Å². The first-order chi connectivity index (χ1) is 15.1. The molecule has 2 heterocycles. The van der Waals surface area contributed by atoms with Gasteiger partial charge in [-0.2, -0.15) is 0 Å². The SMILES string of the molecule is Cc1cc(C(C)(C)C)cc(C)c1CCNC(=O)CCc1nc2sc3c(c2c(=O)[nH]1)CCC3. The molecule has 170 valence electrons. The summed E-state index contributed by atoms with van der Waals surface area (Å²) in [6.07, 6.45) is 4.72. The average molecular weight is 452 g/mol. The molecule has 0 unspecified atom stereocenters. The van der Waals surface area contributed by atoms with Crippen LogP contribution in [-0.2, 0) is 35.9 Å². The van der Waals surface area contributed by atoms with E-state index in [4.69, 9.17) is 0 Å². The van der Waals surface area contributed by atoms with Crippen LogP contribution in [0.3, 0.4) is 0 Å². The lowest BCUT2D eigenvalue weighted by atomic mass is 9.83. The molecule has 0 atom stereocenters. The molecule has 1 aliphatic carbocycles. The minimum atomic E-state index is -0.0607. The van der Waals surface area contributed by atoms with Gasteiger partial charge in [0, 0.05) is 24.3 Å². The first-order valence-corrected chi connectivity index (χ1v) is 12.4. The molecule has 3 aromatic rings. The van der Waals surface area contributed by atoms with E-state index >= 15 is 0 Å². The van der Waals surface area contributed by atoms with E-state index in [1.807, 2.05) is 0 Å². The van der Waals surface area contributed by atoms with Gasteiger partial charge in [0.2, 0.25) is 5.91 Å². The number of aromatic nitrogens is 2. The molecule has 0 bridgehead atoms. The second-order valence-corrected chi connectivity index (χ2v) is 11.1. The molecule has 32 heavy (non-hydrogen) atoms. The molecule has 2 N–H and O–H groups in total. The molecule has 2 aromatic heterocycles. The number of nitrogens with one attached hydrogen (secondary N) is 2. The Morgan fingerprint density at radius 1 is 1.16 bits per heavy atom. The van der Waals surface area contributed by atoms with E-state index in [0.29, 0.717) is 25.2 Å². The maximum Gasteiger partial charge on any atom is 0.259 e. The number of benzene rings is 1. The summed E-state index contributed by atoms with van der Waals surface area (Å²) in [5, 5.41) is 3.79. The third kappa shape index (κ3) is 4.65. The Balaban J connectivity index is 1.33. The second kappa shape index (κ2) is 8.81. The van der Waals surface area contributed by atoms with Gasteiger partial charge < -0.3 is 10.3 Å². The van der Waals surface area contributed by atoms with Gasteiger partial charge >= 0.3 is 0 Å². The van der Waals surface area contributed by atoms with Gasteiger partial charge in [-0.05, 0) is 72.8 Å². The molecule has 5 nitrogen and oxygen atoms in total. The maximum absolute atomic E-state index is 12.6. The van der Waals surface area contributed by atoms with Gasteiger partial charge in [-0.1, -0.05) is 32.9 Å². The molecule has 0 radical (unpaired) electrons. The van der Waals surface area contributed by atoms with E-state index in [2.05, 4.69) is 62.0 Å². The largest absolute Gasteiger partial charge is 0.356 e. The summed E-state index contributed by atoms with van der Waals surface area (Å²) in [6, 6.07) is 4.53. The Labute approximate surface area is 193 Å². The number of hydrogen-bond donors (Lipinski definition) is 2. The number of hydrogen-bond acceptors (Lipinski definition) is 4. The predicted octanol–water partition coefficient (Wildman–Crippen LogP) is 4.68. The Morgan fingerprint density at radius 2 is 1.88 bits per heavy atom. The van der Waals surface area contributed by atoms with Crippen LogP contribution in [-0.4, -0.2) is 22.4 Å². The molecule has 0 fully saturated rings. The standard InChI is InChI=1S/C26H33N3O2S/c1-15-13-17(26(3,4)5)14-16(2)18(15)11-12-27-22(30)10-9-21-28-24(31)23-19-7-6-8-20(19)32-25(23)29-21/h13-14H,6-12H2,1-5H3,(H,27,30)(H,28,29,31). The molecule has 4 rings (SSSR count). The number of carbonyl (C=O) groups excluding carboxylic acids is 1. The highest BCUT2D eigenvalue weighted by Gasteiger charge is 2.21. The zero-order valence-electron chi connectivity index (χ0n) is 19.8. The predicted molar refractivity (Wildman–Crippen MR) is 132 cm³/mol. The zero-order chi connectivity index (χ0) is 23.0. The molecule has 0 saturated carbocycles. The highest BCUT2D eigenvalue weighted by molar-refractivity contribution is 7.18. The molecule has 0 aliphatic heterocycles. The van der Waals surface area contributed by atoms with Crippen molar-refractivity contribution in [2.45, 2.75) is 78.6 Å². The van der Waals surface area contributed by atoms with Crippen LogP contribution >= 0.6 is 11.3 Å². The number of amides is 1. The van der Waals surface area contributed by atoms with Crippen LogP contribution in [0.25, 0.3) is 10.2 Å². The highest BCUT2D eigenvalue weighted by atomic mass is 32.1. The normalized spacial score (nSPS) is 13.5. The highest BCUT2D eigenvalue weighted by Crippen LogP contribution is 2.34. The van der Waals surface area contributed by atoms with E-state index in [9.17, 15) is 9.59 Å². The van der Waals surface area contributed by atoms with Crippen LogP contribution in [0.4, 0.5) is 0 Å². The van der Waals surface area contributed by atoms with Crippen molar-refractivity contribution in [2.24, 2.45) is 0 Å². The monoisotopic (exact) mass is 451 g/mol. The number of rotatable bonds is 6. The molecule has 6 heteroatoms. The van der Waals surface area contributed by atoms with E-state index in [1.54, 1.807) is 11.3 Å². The van der Waals surface area contributed by atoms with E-state index in [1.165, 1.54) is 32.7 Å². The smallest absolute Gasteiger partial charge is 0.259 e. The second-order valence-electron chi connectivity index (χ2n) is 9.99. The van der Waals surface area contributed by atoms with Crippen LogP contribution < -0.4 is 10.9 Å². The summed E-state index contributed by atoms with van der Waals surface area (Å²) in [5.41, 5.74) is 6.46. The van der Waals surface area contributed by atoms with Crippen molar-refractivity contribution in [1.29, 1.82) is 0 Å². The fraction of sp³-hybridized carbons (Fsp3) is 0.500. The minimum absolute atomic E-state index is 0.0111. The van der Waals surface area contributed by atoms with Gasteiger partial charge in [-0.15, -0.1) is 11.3 Å². The lowest BCUT2D eigenvalue weighted by molar-refractivity contribution is -0.121. The van der Waals surface area contributed by atoms with Crippen LogP contribution in [0.15, 0.2) is 16.9 Å². The Kier molecular flexibility index (Phi) is 6.26. The minimum Gasteiger partial charge on any atom is -0.356 e. The first kappa shape index (κ1) is 22.7. The summed E-state index contributed by atoms with van der Waals surface area (Å²) < 4.78 is 0. The van der Waals surface area contributed by atoms with Crippen LogP contribution in [0.1, 0.15) is 72.1 Å². The molecular weight excluding hydrogens is 418 g/mol. The van der Waals surface area contributed by atoms with Crippen molar-refractivity contribution in [3.63, 3.8) is 0 Å². The lowest BCUT2D eigenvalue weighted by Crippen LogP contribution is -2.27. The Hall–Kier alpha value is -2.47. The summed E-state index contributed by atoms with van der Waals surface area (Å²) in [7, 11) is 0. The van der Waals surface area contributed by atoms with Crippen molar-refractivity contribution in [3.8, 4) is 0 Å². The third-order valence-electron chi connectivity index (χ3n) is 6.47. The first-order valence-electron chi connectivity index (χ1n) is 11.5. The molecular formula is C26H33N3O2S. The number of nitrogens with zero attached hydrogens (tertiary/aromatic N) is 1. The van der Waals surface area contributed by atoms with Gasteiger partial charge in [-0.3, -0.25) is 9.59 Å². The van der Waals surface area contributed by atoms with E-state index in [-0.39, 0.29) is 16.9 Å². The zero-order valence-corrected chi connectivity index (χ0v) is 20.6. The van der Waals surface area contributed by atoms with Crippen LogP contribution in [0, 0.1) is 13.8 Å². The maximum atomic E-state index is 12.6. The molecule has 1 aliphatic rings. The fourth-order valence-electron chi connectivity index (χ4n) is 4.63. The number of thiophene rings is 1. The Morgan fingerprint density at radius 3 is 2.56 bits per heavy atom. The van der Waals surface area contributed by atoms with Gasteiger partial charge in [0.15, 0.2) is 0 Å². The quantitative estimate of drug-likeness (QED) is 0.571. The molecule has 0 spiro atoms. The van der Waals surface area contributed by atoms with Gasteiger partial charge in [-0.25, -0.2) is 4.98 Å². The van der Waals surface area contributed by atoms with Crippen molar-refractivity contribution in [3.05, 3.63) is 61.0 Å². The lowest BCUT2D eigenvalue weighted by Gasteiger charge is -2.22. The van der Waals surface area contributed by atoms with Crippen molar-refractivity contribution < 1.29 is 4.79 Å². The van der Waals surface area contributed by atoms with Gasteiger partial charge in [0.05, 0.1) is 5.39 Å². The van der Waals surface area contributed by atoms with Crippen molar-refractivity contribution >= 4 is 27.5 Å². The summed E-state index contributed by atoms with van der Waals surface area (Å²) in [5.74, 6) is 0.588. The third-order valence-corrected chi connectivity index (χ3v) is 7.66. The number of aryl methyl sites for hydroxylation is 5. The average Bonchev–Trinajstić information content (AvgIpc) is 3.28. The molecule has 1 aromatic carbocycles. The number of carbonyl (C=O) groups is 1. The molecule has 0 saturated heterocycles. The number of H-pyrrole nitrogens is 1. The van der Waals surface area contributed by atoms with Gasteiger partial charge in [0.1, 0.15) is 10.7 Å². The summed E-state index contributed by atoms with van der Waals surface area (Å²) >= 11 is 1.63. The van der Waals surface area contributed by atoms with E-state index < -0.39 is 0 Å². The van der Waals surface area contributed by atoms with E-state index in [0.717, 1.165) is 35.9 Å². The summed E-state index contributed by atoms with van der Waals surface area (Å²) in [6.45, 7) is 11.6. The summed E-state index contributed by atoms with van der Waals surface area (Å²) in [4.78, 5) is 34.6. The van der Waals surface area contributed by atoms with Crippen LogP contribution in [0.2, 0.25) is 0 Å². The number of aromatic amines is 1. The topological polar surface area (TPSA) is 74.8 Å². The van der Waals surface area contributed by atoms with Crippen molar-refractivity contribution in [1.82, 2.24) is 15.3 Å². The van der Waals surface area contributed by atoms with Crippen molar-refractivity contribution in [2.75, 3.05) is 6.54 Å². The van der Waals surface area contributed by atoms with Crippen LogP contribution in [0.5, 0.6) is 0 Å². The number of fused-ring (bicyclic) bond motifs is 3. The Bertz CT molecular complexity index is 1210.